The monoisotopic (exact) mass is 256 g/mol. The van der Waals surface area contributed by atoms with Crippen LogP contribution in [-0.2, 0) is 16.3 Å². The molecule has 6 heteroatoms. The molecular formula is C11H20N2O3Si. The Morgan fingerprint density at radius 2 is 2.18 bits per heavy atom. The molecule has 0 saturated carbocycles. The van der Waals surface area contributed by atoms with Gasteiger partial charge >= 0.3 is 0 Å². The lowest BCUT2D eigenvalue weighted by molar-refractivity contribution is -0.120. The van der Waals surface area contributed by atoms with Crippen molar-refractivity contribution in [2.24, 2.45) is 0 Å². The molecule has 0 aromatic carbocycles. The lowest BCUT2D eigenvalue weighted by atomic mass is 10.4. The van der Waals surface area contributed by atoms with Gasteiger partial charge in [-0.05, 0) is 13.0 Å². The lowest BCUT2D eigenvalue weighted by Crippen LogP contribution is -2.22. The second-order valence-corrected chi connectivity index (χ2v) is 10.8. The summed E-state index contributed by atoms with van der Waals surface area (Å²) in [7, 11) is -1.04. The molecule has 0 radical (unpaired) electrons. The molecule has 0 atom stereocenters. The van der Waals surface area contributed by atoms with Crippen LogP contribution in [0, 0.1) is 6.92 Å². The zero-order valence-corrected chi connectivity index (χ0v) is 11.9. The van der Waals surface area contributed by atoms with Gasteiger partial charge in [0.2, 0.25) is 0 Å². The van der Waals surface area contributed by atoms with Gasteiger partial charge in [-0.25, -0.2) is 4.68 Å². The van der Waals surface area contributed by atoms with Gasteiger partial charge in [0, 0.05) is 14.7 Å². The predicted octanol–water partition coefficient (Wildman–Crippen LogP) is 2.04. The fourth-order valence-electron chi connectivity index (χ4n) is 1.27. The normalized spacial score (nSPS) is 11.5. The molecule has 0 aliphatic carbocycles. The Morgan fingerprint density at radius 3 is 2.76 bits per heavy atom. The van der Waals surface area contributed by atoms with Crippen LogP contribution in [0.2, 0.25) is 25.7 Å². The first-order valence-corrected chi connectivity index (χ1v) is 9.35. The summed E-state index contributed by atoms with van der Waals surface area (Å²) in [5.74, 6) is 0.480. The first kappa shape index (κ1) is 13.9. The van der Waals surface area contributed by atoms with E-state index in [9.17, 15) is 4.79 Å². The zero-order valence-electron chi connectivity index (χ0n) is 10.9. The van der Waals surface area contributed by atoms with E-state index in [1.54, 1.807) is 17.8 Å². The van der Waals surface area contributed by atoms with Gasteiger partial charge in [-0.2, -0.15) is 5.10 Å². The molecule has 0 amide bonds. The summed E-state index contributed by atoms with van der Waals surface area (Å²) in [6.45, 7) is 10.3. The van der Waals surface area contributed by atoms with Gasteiger partial charge in [0.25, 0.3) is 6.47 Å². The van der Waals surface area contributed by atoms with Crippen molar-refractivity contribution in [1.82, 2.24) is 9.78 Å². The first-order valence-electron chi connectivity index (χ1n) is 5.64. The van der Waals surface area contributed by atoms with E-state index in [0.717, 1.165) is 12.7 Å². The predicted molar refractivity (Wildman–Crippen MR) is 67.8 cm³/mol. The van der Waals surface area contributed by atoms with Gasteiger partial charge in [-0.1, -0.05) is 19.6 Å². The summed E-state index contributed by atoms with van der Waals surface area (Å²) < 4.78 is 11.9. The number of rotatable bonds is 7. The van der Waals surface area contributed by atoms with Crippen molar-refractivity contribution in [1.29, 1.82) is 0 Å². The topological polar surface area (TPSA) is 53.4 Å². The number of hydrogen-bond donors (Lipinski definition) is 0. The highest BCUT2D eigenvalue weighted by atomic mass is 28.3. The van der Waals surface area contributed by atoms with Crippen molar-refractivity contribution in [2.75, 3.05) is 6.61 Å². The fraction of sp³-hybridized carbons (Fsp3) is 0.636. The Balaban J connectivity index is 2.37. The Bertz CT molecular complexity index is 371. The third kappa shape index (κ3) is 5.14. The Labute approximate surface area is 103 Å². The molecular weight excluding hydrogens is 236 g/mol. The van der Waals surface area contributed by atoms with E-state index in [2.05, 4.69) is 24.7 Å². The molecule has 1 aromatic heterocycles. The van der Waals surface area contributed by atoms with Gasteiger partial charge in [-0.15, -0.1) is 0 Å². The number of aromatic nitrogens is 2. The van der Waals surface area contributed by atoms with E-state index in [1.165, 1.54) is 0 Å². The molecule has 5 nitrogen and oxygen atoms in total. The number of carbonyl (C=O) groups is 1. The van der Waals surface area contributed by atoms with Crippen molar-refractivity contribution in [3.63, 3.8) is 0 Å². The average molecular weight is 256 g/mol. The SMILES string of the molecule is Cc1nn(COCC[Si](C)(C)C)cc1OC=O. The average Bonchev–Trinajstić information content (AvgIpc) is 2.54. The maximum atomic E-state index is 10.2. The number of aryl methyl sites for hydroxylation is 1. The summed E-state index contributed by atoms with van der Waals surface area (Å²) in [5.41, 5.74) is 0.686. The van der Waals surface area contributed by atoms with E-state index in [0.29, 0.717) is 24.6 Å². The summed E-state index contributed by atoms with van der Waals surface area (Å²) in [6.07, 6.45) is 1.66. The van der Waals surface area contributed by atoms with Crippen LogP contribution in [0.25, 0.3) is 0 Å². The van der Waals surface area contributed by atoms with Crippen LogP contribution in [0.5, 0.6) is 5.75 Å². The van der Waals surface area contributed by atoms with Crippen molar-refractivity contribution in [3.05, 3.63) is 11.9 Å². The molecule has 1 rings (SSSR count). The Kier molecular flexibility index (Phi) is 4.89. The van der Waals surface area contributed by atoms with Crippen molar-refractivity contribution >= 4 is 14.5 Å². The second kappa shape index (κ2) is 5.97. The van der Waals surface area contributed by atoms with Gasteiger partial charge in [0.1, 0.15) is 12.4 Å². The molecule has 0 unspecified atom stereocenters. The van der Waals surface area contributed by atoms with Crippen LogP contribution < -0.4 is 4.74 Å². The second-order valence-electron chi connectivity index (χ2n) is 5.18. The maximum absolute atomic E-state index is 10.2. The third-order valence-electron chi connectivity index (χ3n) is 2.30. The largest absolute Gasteiger partial charge is 0.425 e. The van der Waals surface area contributed by atoms with Gasteiger partial charge in [-0.3, -0.25) is 4.79 Å². The number of ether oxygens (including phenoxy) is 2. The molecule has 0 aliphatic rings. The summed E-state index contributed by atoms with van der Waals surface area (Å²) in [5, 5.41) is 4.18. The van der Waals surface area contributed by atoms with Crippen LogP contribution in [0.3, 0.4) is 0 Å². The summed E-state index contributed by atoms with van der Waals surface area (Å²) in [4.78, 5) is 10.2. The molecule has 0 aliphatic heterocycles. The highest BCUT2D eigenvalue weighted by molar-refractivity contribution is 6.76. The van der Waals surface area contributed by atoms with Gasteiger partial charge < -0.3 is 9.47 Å². The van der Waals surface area contributed by atoms with Crippen molar-refractivity contribution in [2.45, 2.75) is 39.3 Å². The van der Waals surface area contributed by atoms with Gasteiger partial charge in [0.15, 0.2) is 5.75 Å². The molecule has 1 aromatic rings. The Morgan fingerprint density at radius 1 is 1.47 bits per heavy atom. The number of carbonyl (C=O) groups excluding carboxylic acids is 1. The molecule has 17 heavy (non-hydrogen) atoms. The van der Waals surface area contributed by atoms with Crippen LogP contribution in [-0.4, -0.2) is 30.9 Å². The molecule has 1 heterocycles. The van der Waals surface area contributed by atoms with Crippen molar-refractivity contribution < 1.29 is 14.3 Å². The van der Waals surface area contributed by atoms with Gasteiger partial charge in [0.05, 0.1) is 6.20 Å². The fourth-order valence-corrected chi connectivity index (χ4v) is 2.03. The van der Waals surface area contributed by atoms with Crippen LogP contribution >= 0.6 is 0 Å². The number of hydrogen-bond acceptors (Lipinski definition) is 4. The molecule has 0 bridgehead atoms. The van der Waals surface area contributed by atoms with Crippen LogP contribution in [0.1, 0.15) is 5.69 Å². The standard InChI is InChI=1S/C11H20N2O3Si/c1-10-11(16-9-14)7-13(12-10)8-15-5-6-17(2,3)4/h7,9H,5-6,8H2,1-4H3. The summed E-state index contributed by atoms with van der Waals surface area (Å²) in [6, 6.07) is 1.13. The minimum atomic E-state index is -1.04. The zero-order chi connectivity index (χ0) is 12.9. The summed E-state index contributed by atoms with van der Waals surface area (Å²) >= 11 is 0. The third-order valence-corrected chi connectivity index (χ3v) is 4.00. The minimum Gasteiger partial charge on any atom is -0.425 e. The van der Waals surface area contributed by atoms with E-state index < -0.39 is 8.07 Å². The number of nitrogens with zero attached hydrogens (tertiary/aromatic N) is 2. The molecule has 0 saturated heterocycles. The minimum absolute atomic E-state index is 0.396. The molecule has 0 N–H and O–H groups in total. The van der Waals surface area contributed by atoms with E-state index in [1.807, 2.05) is 0 Å². The lowest BCUT2D eigenvalue weighted by Gasteiger charge is -2.15. The highest BCUT2D eigenvalue weighted by Crippen LogP contribution is 2.14. The molecule has 0 spiro atoms. The van der Waals surface area contributed by atoms with Crippen molar-refractivity contribution in [3.8, 4) is 5.75 Å². The molecule has 0 fully saturated rings. The smallest absolute Gasteiger partial charge is 0.298 e. The van der Waals surface area contributed by atoms with Crippen LogP contribution in [0.15, 0.2) is 6.20 Å². The van der Waals surface area contributed by atoms with E-state index in [-0.39, 0.29) is 0 Å². The highest BCUT2D eigenvalue weighted by Gasteiger charge is 2.12. The quantitative estimate of drug-likeness (QED) is 0.425. The Hall–Kier alpha value is -1.14. The van der Waals surface area contributed by atoms with E-state index in [4.69, 9.17) is 9.47 Å². The first-order chi connectivity index (χ1) is 7.92. The van der Waals surface area contributed by atoms with E-state index >= 15 is 0 Å². The van der Waals surface area contributed by atoms with Crippen LogP contribution in [0.4, 0.5) is 0 Å². The maximum Gasteiger partial charge on any atom is 0.298 e. The molecule has 96 valence electrons.